The fourth-order valence-electron chi connectivity index (χ4n) is 2.81. The number of anilines is 3. The molecule has 0 atom stereocenters. The Morgan fingerprint density at radius 3 is 2.50 bits per heavy atom. The number of nitrogens with one attached hydrogen (secondary N) is 1. The van der Waals surface area contributed by atoms with E-state index >= 15 is 0 Å². The number of rotatable bonds is 6. The number of ether oxygens (including phenoxy) is 1. The molecule has 4 N–H and O–H groups in total. The smallest absolute Gasteiger partial charge is 0.227 e. The van der Waals surface area contributed by atoms with Crippen LogP contribution in [0.15, 0.2) is 36.7 Å². The van der Waals surface area contributed by atoms with Gasteiger partial charge in [-0.15, -0.1) is 0 Å². The summed E-state index contributed by atoms with van der Waals surface area (Å²) in [6.07, 6.45) is 4.55. The van der Waals surface area contributed by atoms with Crippen molar-refractivity contribution >= 4 is 40.5 Å². The molecule has 146 valence electrons. The Hall–Kier alpha value is -2.70. The maximum Gasteiger partial charge on any atom is 0.227 e. The molecule has 0 aliphatic carbocycles. The van der Waals surface area contributed by atoms with E-state index in [2.05, 4.69) is 15.3 Å². The molecule has 0 amide bonds. The van der Waals surface area contributed by atoms with E-state index < -0.39 is 0 Å². The van der Waals surface area contributed by atoms with E-state index in [0.717, 1.165) is 16.8 Å². The van der Waals surface area contributed by atoms with Crippen LogP contribution in [-0.4, -0.2) is 22.2 Å². The van der Waals surface area contributed by atoms with Crippen molar-refractivity contribution in [2.75, 3.05) is 18.2 Å². The van der Waals surface area contributed by atoms with Crippen molar-refractivity contribution < 1.29 is 9.84 Å². The average molecular weight is 419 g/mol. The highest BCUT2D eigenvalue weighted by atomic mass is 35.5. The molecule has 0 aliphatic rings. The number of phenolic OH excluding ortho intramolecular Hbond substituents is 1. The molecule has 3 aromatic rings. The molecule has 0 unspecified atom stereocenters. The zero-order chi connectivity index (χ0) is 20.3. The molecule has 0 spiro atoms. The third-order valence-electron chi connectivity index (χ3n) is 4.37. The Labute approximate surface area is 173 Å². The second kappa shape index (κ2) is 8.54. The summed E-state index contributed by atoms with van der Waals surface area (Å²) in [5.74, 6) is 0.773. The van der Waals surface area contributed by atoms with Gasteiger partial charge in [0.15, 0.2) is 0 Å². The molecule has 1 aromatic heterocycles. The van der Waals surface area contributed by atoms with E-state index in [-0.39, 0.29) is 10.8 Å². The average Bonchev–Trinajstić information content (AvgIpc) is 2.68. The Morgan fingerprint density at radius 2 is 1.86 bits per heavy atom. The fraction of sp³-hybridized carbons (Fsp3) is 0.200. The van der Waals surface area contributed by atoms with Crippen molar-refractivity contribution in [3.8, 4) is 11.5 Å². The lowest BCUT2D eigenvalue weighted by atomic mass is 10.1. The molecule has 6 nitrogen and oxygen atoms in total. The molecule has 1 heterocycles. The van der Waals surface area contributed by atoms with Crippen LogP contribution in [0.25, 0.3) is 0 Å². The Bertz CT molecular complexity index is 974. The molecule has 0 aliphatic heterocycles. The summed E-state index contributed by atoms with van der Waals surface area (Å²) in [5, 5.41) is 13.7. The number of nitrogens with zero attached hydrogens (tertiary/aromatic N) is 2. The lowest BCUT2D eigenvalue weighted by Crippen LogP contribution is -2.03. The molecule has 3 rings (SSSR count). The van der Waals surface area contributed by atoms with Crippen LogP contribution < -0.4 is 15.8 Å². The maximum atomic E-state index is 9.94. The van der Waals surface area contributed by atoms with E-state index in [1.807, 2.05) is 25.1 Å². The molecule has 8 heteroatoms. The summed E-state index contributed by atoms with van der Waals surface area (Å²) in [5.41, 5.74) is 9.96. The van der Waals surface area contributed by atoms with Gasteiger partial charge in [-0.25, -0.2) is 9.97 Å². The van der Waals surface area contributed by atoms with Gasteiger partial charge in [-0.1, -0.05) is 35.3 Å². The second-order valence-electron chi connectivity index (χ2n) is 6.28. The minimum Gasteiger partial charge on any atom is -0.506 e. The van der Waals surface area contributed by atoms with E-state index in [1.165, 1.54) is 13.2 Å². The zero-order valence-corrected chi connectivity index (χ0v) is 17.0. The van der Waals surface area contributed by atoms with Crippen LogP contribution >= 0.6 is 23.2 Å². The van der Waals surface area contributed by atoms with Crippen LogP contribution in [0.1, 0.15) is 16.7 Å². The van der Waals surface area contributed by atoms with Crippen LogP contribution in [0.3, 0.4) is 0 Å². The van der Waals surface area contributed by atoms with Gasteiger partial charge in [0.25, 0.3) is 0 Å². The number of hydrogen-bond donors (Lipinski definition) is 3. The summed E-state index contributed by atoms with van der Waals surface area (Å²) in [6, 6.07) is 7.08. The Balaban J connectivity index is 1.73. The van der Waals surface area contributed by atoms with Gasteiger partial charge in [-0.2, -0.15) is 0 Å². The molecule has 28 heavy (non-hydrogen) atoms. The molecule has 0 saturated carbocycles. The summed E-state index contributed by atoms with van der Waals surface area (Å²) in [6.45, 7) is 1.96. The van der Waals surface area contributed by atoms with Gasteiger partial charge in [0.05, 0.1) is 28.5 Å². The van der Waals surface area contributed by atoms with Crippen molar-refractivity contribution in [3.63, 3.8) is 0 Å². The first-order chi connectivity index (χ1) is 13.4. The standard InChI is InChI=1S/C20H20Cl2N4O2/c1-11-4-3-5-14(23)19(11)26-20-24-9-12(10-25-20)6-7-13-17(21)15(27)8-16(28-2)18(13)22/h3-5,8-10,27H,6-7,23H2,1-2H3,(H,24,25,26). The van der Waals surface area contributed by atoms with Crippen molar-refractivity contribution in [1.82, 2.24) is 9.97 Å². The van der Waals surface area contributed by atoms with E-state index in [9.17, 15) is 5.11 Å². The number of aromatic nitrogens is 2. The minimum atomic E-state index is -0.0652. The van der Waals surface area contributed by atoms with Gasteiger partial charge in [0, 0.05) is 18.5 Å². The number of nitrogen functional groups attached to an aromatic ring is 1. The Kier molecular flexibility index (Phi) is 6.11. The SMILES string of the molecule is COc1cc(O)c(Cl)c(CCc2cnc(Nc3c(C)cccc3N)nc2)c1Cl. The molecule has 0 fully saturated rings. The first kappa shape index (κ1) is 20.0. The Morgan fingerprint density at radius 1 is 1.14 bits per heavy atom. The van der Waals surface area contributed by atoms with Crippen LogP contribution in [-0.2, 0) is 12.8 Å². The number of methoxy groups -OCH3 is 1. The number of benzene rings is 2. The van der Waals surface area contributed by atoms with Crippen molar-refractivity contribution in [2.45, 2.75) is 19.8 Å². The van der Waals surface area contributed by atoms with Gasteiger partial charge in [-0.3, -0.25) is 0 Å². The number of halogens is 2. The first-order valence-electron chi connectivity index (χ1n) is 8.57. The number of aryl methyl sites for hydroxylation is 2. The second-order valence-corrected chi connectivity index (χ2v) is 7.04. The number of nitrogens with two attached hydrogens (primary N) is 1. The maximum absolute atomic E-state index is 9.94. The zero-order valence-electron chi connectivity index (χ0n) is 15.5. The minimum absolute atomic E-state index is 0.0652. The predicted molar refractivity (Wildman–Crippen MR) is 113 cm³/mol. The topological polar surface area (TPSA) is 93.3 Å². The summed E-state index contributed by atoms with van der Waals surface area (Å²) in [4.78, 5) is 8.69. The van der Waals surface area contributed by atoms with Gasteiger partial charge in [0.1, 0.15) is 11.5 Å². The number of phenols is 1. The van der Waals surface area contributed by atoms with Crippen molar-refractivity contribution in [3.05, 3.63) is 63.4 Å². The quantitative estimate of drug-likeness (QED) is 0.492. The summed E-state index contributed by atoms with van der Waals surface area (Å²) < 4.78 is 5.17. The van der Waals surface area contributed by atoms with E-state index in [4.69, 9.17) is 33.7 Å². The van der Waals surface area contributed by atoms with Crippen LogP contribution in [0.5, 0.6) is 11.5 Å². The highest BCUT2D eigenvalue weighted by Crippen LogP contribution is 2.40. The first-order valence-corrected chi connectivity index (χ1v) is 9.33. The van der Waals surface area contributed by atoms with E-state index in [1.54, 1.807) is 12.4 Å². The van der Waals surface area contributed by atoms with Gasteiger partial charge >= 0.3 is 0 Å². The van der Waals surface area contributed by atoms with Crippen LogP contribution in [0.2, 0.25) is 10.0 Å². The normalized spacial score (nSPS) is 10.7. The molecular weight excluding hydrogens is 399 g/mol. The predicted octanol–water partition coefficient (Wildman–Crippen LogP) is 4.92. The number of hydrogen-bond acceptors (Lipinski definition) is 6. The summed E-state index contributed by atoms with van der Waals surface area (Å²) >= 11 is 12.5. The number of aromatic hydroxyl groups is 1. The van der Waals surface area contributed by atoms with Crippen LogP contribution in [0.4, 0.5) is 17.3 Å². The molecular formula is C20H20Cl2N4O2. The summed E-state index contributed by atoms with van der Waals surface area (Å²) in [7, 11) is 1.49. The largest absolute Gasteiger partial charge is 0.506 e. The van der Waals surface area contributed by atoms with Gasteiger partial charge in [0.2, 0.25) is 5.95 Å². The third-order valence-corrected chi connectivity index (χ3v) is 5.21. The monoisotopic (exact) mass is 418 g/mol. The highest BCUT2D eigenvalue weighted by molar-refractivity contribution is 6.37. The fourth-order valence-corrected chi connectivity index (χ4v) is 3.42. The molecule has 0 bridgehead atoms. The van der Waals surface area contributed by atoms with Gasteiger partial charge < -0.3 is 20.9 Å². The highest BCUT2D eigenvalue weighted by Gasteiger charge is 2.16. The molecule has 2 aromatic carbocycles. The van der Waals surface area contributed by atoms with Crippen molar-refractivity contribution in [1.29, 1.82) is 0 Å². The molecule has 0 radical (unpaired) electrons. The number of para-hydroxylation sites is 1. The third kappa shape index (κ3) is 4.24. The lowest BCUT2D eigenvalue weighted by molar-refractivity contribution is 0.407. The van der Waals surface area contributed by atoms with Crippen molar-refractivity contribution in [2.24, 2.45) is 0 Å². The van der Waals surface area contributed by atoms with Gasteiger partial charge in [-0.05, 0) is 42.5 Å². The van der Waals surface area contributed by atoms with Crippen LogP contribution in [0, 0.1) is 6.92 Å². The molecule has 0 saturated heterocycles. The lowest BCUT2D eigenvalue weighted by Gasteiger charge is -2.13. The van der Waals surface area contributed by atoms with E-state index in [0.29, 0.717) is 40.8 Å².